The lowest BCUT2D eigenvalue weighted by Gasteiger charge is -2.16. The summed E-state index contributed by atoms with van der Waals surface area (Å²) in [7, 11) is 0. The molecule has 1 N–H and O–H groups in total. The van der Waals surface area contributed by atoms with Crippen LogP contribution in [-0.4, -0.2) is 12.7 Å². The van der Waals surface area contributed by atoms with Crippen molar-refractivity contribution >= 4 is 5.69 Å². The lowest BCUT2D eigenvalue weighted by atomic mass is 10.1. The van der Waals surface area contributed by atoms with Crippen molar-refractivity contribution in [3.63, 3.8) is 0 Å². The number of rotatable bonds is 7. The van der Waals surface area contributed by atoms with E-state index in [1.165, 1.54) is 11.6 Å². The van der Waals surface area contributed by atoms with Gasteiger partial charge in [0, 0.05) is 17.8 Å². The molecule has 0 saturated carbocycles. The summed E-state index contributed by atoms with van der Waals surface area (Å²) in [5.74, 6) is 0.172. The standard InChI is InChI=1S/C17H19F2NO/c1-13(10-11-14-6-3-2-4-7-14)20-15-8-5-9-16(12-15)21-17(18)19/h2-9,12-13,17,20H,10-11H2,1H3. The van der Waals surface area contributed by atoms with Crippen LogP contribution in [0.3, 0.4) is 0 Å². The van der Waals surface area contributed by atoms with E-state index in [0.717, 1.165) is 18.5 Å². The zero-order valence-corrected chi connectivity index (χ0v) is 11.9. The molecule has 0 aliphatic carbocycles. The maximum Gasteiger partial charge on any atom is 0.387 e. The van der Waals surface area contributed by atoms with Gasteiger partial charge in [0.1, 0.15) is 5.75 Å². The molecule has 0 spiro atoms. The molecule has 1 unspecified atom stereocenters. The Morgan fingerprint density at radius 1 is 1.05 bits per heavy atom. The van der Waals surface area contributed by atoms with Gasteiger partial charge in [0.05, 0.1) is 0 Å². The van der Waals surface area contributed by atoms with E-state index in [4.69, 9.17) is 0 Å². The molecule has 21 heavy (non-hydrogen) atoms. The summed E-state index contributed by atoms with van der Waals surface area (Å²) in [6.45, 7) is -0.723. The Bertz CT molecular complexity index is 545. The zero-order chi connectivity index (χ0) is 15.1. The second kappa shape index (κ2) is 7.62. The van der Waals surface area contributed by atoms with E-state index < -0.39 is 6.61 Å². The van der Waals surface area contributed by atoms with Crippen LogP contribution < -0.4 is 10.1 Å². The predicted octanol–water partition coefficient (Wildman–Crippen LogP) is 4.72. The van der Waals surface area contributed by atoms with Gasteiger partial charge >= 0.3 is 6.61 Å². The lowest BCUT2D eigenvalue weighted by Crippen LogP contribution is -2.16. The van der Waals surface area contributed by atoms with Crippen LogP contribution in [0.5, 0.6) is 5.75 Å². The molecular weight excluding hydrogens is 272 g/mol. The predicted molar refractivity (Wildman–Crippen MR) is 80.9 cm³/mol. The van der Waals surface area contributed by atoms with E-state index in [0.29, 0.717) is 0 Å². The minimum Gasteiger partial charge on any atom is -0.435 e. The van der Waals surface area contributed by atoms with Crippen LogP contribution in [-0.2, 0) is 6.42 Å². The van der Waals surface area contributed by atoms with Crippen LogP contribution in [0.4, 0.5) is 14.5 Å². The van der Waals surface area contributed by atoms with Crippen molar-refractivity contribution in [1.29, 1.82) is 0 Å². The quantitative estimate of drug-likeness (QED) is 0.797. The highest BCUT2D eigenvalue weighted by molar-refractivity contribution is 5.48. The number of anilines is 1. The smallest absolute Gasteiger partial charge is 0.387 e. The summed E-state index contributed by atoms with van der Waals surface area (Å²) in [4.78, 5) is 0. The molecule has 0 amide bonds. The van der Waals surface area contributed by atoms with E-state index in [2.05, 4.69) is 29.1 Å². The molecule has 4 heteroatoms. The van der Waals surface area contributed by atoms with Gasteiger partial charge in [-0.25, -0.2) is 0 Å². The third kappa shape index (κ3) is 5.42. The number of hydrogen-bond acceptors (Lipinski definition) is 2. The first-order valence-corrected chi connectivity index (χ1v) is 6.99. The van der Waals surface area contributed by atoms with E-state index >= 15 is 0 Å². The molecule has 0 fully saturated rings. The van der Waals surface area contributed by atoms with E-state index in [1.54, 1.807) is 12.1 Å². The molecule has 0 saturated heterocycles. The number of alkyl halides is 2. The minimum absolute atomic E-state index is 0.172. The van der Waals surface area contributed by atoms with E-state index in [9.17, 15) is 8.78 Å². The number of ether oxygens (including phenoxy) is 1. The van der Waals surface area contributed by atoms with Crippen molar-refractivity contribution < 1.29 is 13.5 Å². The fraction of sp³-hybridized carbons (Fsp3) is 0.294. The lowest BCUT2D eigenvalue weighted by molar-refractivity contribution is -0.0498. The molecule has 1 atom stereocenters. The average molecular weight is 291 g/mol. The largest absolute Gasteiger partial charge is 0.435 e. The molecule has 2 aromatic carbocycles. The van der Waals surface area contributed by atoms with Gasteiger partial charge in [0.15, 0.2) is 0 Å². The van der Waals surface area contributed by atoms with Gasteiger partial charge in [-0.1, -0.05) is 36.4 Å². The van der Waals surface area contributed by atoms with E-state index in [-0.39, 0.29) is 11.8 Å². The van der Waals surface area contributed by atoms with Gasteiger partial charge in [-0.15, -0.1) is 0 Å². The van der Waals surface area contributed by atoms with Crippen LogP contribution in [0.2, 0.25) is 0 Å². The first-order chi connectivity index (χ1) is 10.1. The van der Waals surface area contributed by atoms with E-state index in [1.807, 2.05) is 24.3 Å². The Balaban J connectivity index is 1.86. The molecule has 2 aromatic rings. The molecule has 2 nitrogen and oxygen atoms in total. The molecular formula is C17H19F2NO. The fourth-order valence-corrected chi connectivity index (χ4v) is 2.15. The van der Waals surface area contributed by atoms with Crippen molar-refractivity contribution in [3.05, 3.63) is 60.2 Å². The number of hydrogen-bond donors (Lipinski definition) is 1. The molecule has 0 aliphatic heterocycles. The second-order valence-electron chi connectivity index (χ2n) is 4.98. The number of nitrogens with one attached hydrogen (secondary N) is 1. The maximum atomic E-state index is 12.2. The SMILES string of the molecule is CC(CCc1ccccc1)Nc1cccc(OC(F)F)c1. The highest BCUT2D eigenvalue weighted by Gasteiger charge is 2.06. The number of halogens is 2. The third-order valence-electron chi connectivity index (χ3n) is 3.18. The van der Waals surface area contributed by atoms with Gasteiger partial charge in [-0.3, -0.25) is 0 Å². The molecule has 0 heterocycles. The maximum absolute atomic E-state index is 12.2. The summed E-state index contributed by atoms with van der Waals surface area (Å²) in [6, 6.07) is 17.1. The van der Waals surface area contributed by atoms with Crippen LogP contribution >= 0.6 is 0 Å². The molecule has 0 aromatic heterocycles. The highest BCUT2D eigenvalue weighted by atomic mass is 19.3. The molecule has 0 bridgehead atoms. The van der Waals surface area contributed by atoms with Crippen molar-refractivity contribution in [1.82, 2.24) is 0 Å². The first-order valence-electron chi connectivity index (χ1n) is 6.99. The highest BCUT2D eigenvalue weighted by Crippen LogP contribution is 2.20. The van der Waals surface area contributed by atoms with Crippen LogP contribution in [0.15, 0.2) is 54.6 Å². The Labute approximate surface area is 123 Å². The summed E-state index contributed by atoms with van der Waals surface area (Å²) in [5.41, 5.74) is 2.08. The molecule has 0 radical (unpaired) electrons. The van der Waals surface area contributed by atoms with Crippen LogP contribution in [0.1, 0.15) is 18.9 Å². The minimum atomic E-state index is -2.80. The molecule has 0 aliphatic rings. The number of benzene rings is 2. The summed E-state index contributed by atoms with van der Waals surface area (Å²) in [6.07, 6.45) is 1.94. The van der Waals surface area contributed by atoms with Gasteiger partial charge in [0.2, 0.25) is 0 Å². The van der Waals surface area contributed by atoms with Gasteiger partial charge in [-0.2, -0.15) is 8.78 Å². The topological polar surface area (TPSA) is 21.3 Å². The Kier molecular flexibility index (Phi) is 5.55. The summed E-state index contributed by atoms with van der Waals surface area (Å²) in [5, 5.41) is 3.30. The second-order valence-corrected chi connectivity index (χ2v) is 4.98. The van der Waals surface area contributed by atoms with Crippen LogP contribution in [0, 0.1) is 0 Å². The van der Waals surface area contributed by atoms with Crippen LogP contribution in [0.25, 0.3) is 0 Å². The summed E-state index contributed by atoms with van der Waals surface area (Å²) < 4.78 is 28.8. The normalized spacial score (nSPS) is 12.2. The Hall–Kier alpha value is -2.10. The van der Waals surface area contributed by atoms with Crippen molar-refractivity contribution in [2.45, 2.75) is 32.4 Å². The molecule has 2 rings (SSSR count). The Morgan fingerprint density at radius 2 is 1.81 bits per heavy atom. The molecule has 112 valence electrons. The summed E-state index contributed by atoms with van der Waals surface area (Å²) >= 11 is 0. The zero-order valence-electron chi connectivity index (χ0n) is 11.9. The van der Waals surface area contributed by atoms with Gasteiger partial charge in [0.25, 0.3) is 0 Å². The monoisotopic (exact) mass is 291 g/mol. The first kappa shape index (κ1) is 15.3. The number of aryl methyl sites for hydroxylation is 1. The average Bonchev–Trinajstić information content (AvgIpc) is 2.46. The van der Waals surface area contributed by atoms with Gasteiger partial charge < -0.3 is 10.1 Å². The van der Waals surface area contributed by atoms with Crippen molar-refractivity contribution in [2.75, 3.05) is 5.32 Å². The van der Waals surface area contributed by atoms with Crippen molar-refractivity contribution in [2.24, 2.45) is 0 Å². The third-order valence-corrected chi connectivity index (χ3v) is 3.18. The fourth-order valence-electron chi connectivity index (χ4n) is 2.15. The van der Waals surface area contributed by atoms with Crippen molar-refractivity contribution in [3.8, 4) is 5.75 Å². The Morgan fingerprint density at radius 3 is 2.52 bits per heavy atom. The van der Waals surface area contributed by atoms with Gasteiger partial charge in [-0.05, 0) is 37.5 Å².